The van der Waals surface area contributed by atoms with E-state index in [1.54, 1.807) is 0 Å². The summed E-state index contributed by atoms with van der Waals surface area (Å²) in [6.45, 7) is -0.708. The lowest BCUT2D eigenvalue weighted by Gasteiger charge is -2.44. The molecule has 0 aliphatic carbocycles. The third-order valence-corrected chi connectivity index (χ3v) is 8.50. The third kappa shape index (κ3) is 4.27. The van der Waals surface area contributed by atoms with Crippen LogP contribution in [0.3, 0.4) is 0 Å². The van der Waals surface area contributed by atoms with Gasteiger partial charge in [0, 0.05) is 32.0 Å². The molecule has 5 atom stereocenters. The largest absolute Gasteiger partial charge is 0.394 e. The number of hydrogen-bond acceptors (Lipinski definition) is 8. The Balaban J connectivity index is 1.71. The average molecular weight is 507 g/mol. The van der Waals surface area contributed by atoms with Crippen LogP contribution >= 0.6 is 10.7 Å². The third-order valence-electron chi connectivity index (χ3n) is 5.29. The molecule has 0 saturated carbocycles. The molecule has 3 N–H and O–H groups in total. The van der Waals surface area contributed by atoms with Gasteiger partial charge in [0.15, 0.2) is 22.9 Å². The van der Waals surface area contributed by atoms with Crippen molar-refractivity contribution >= 4 is 19.8 Å². The molecule has 0 radical (unpaired) electrons. The second-order valence-electron chi connectivity index (χ2n) is 7.35. The predicted molar refractivity (Wildman–Crippen MR) is 110 cm³/mol. The molecule has 3 heterocycles. The fourth-order valence-electron chi connectivity index (χ4n) is 3.61. The van der Waals surface area contributed by atoms with Crippen LogP contribution in [0.4, 0.5) is 13.2 Å². The first-order valence-corrected chi connectivity index (χ1v) is 12.2. The van der Waals surface area contributed by atoms with Gasteiger partial charge in [-0.05, 0) is 34.9 Å². The summed E-state index contributed by atoms with van der Waals surface area (Å²) in [6.07, 6.45) is -0.752. The van der Waals surface area contributed by atoms with Gasteiger partial charge < -0.3 is 20.1 Å². The number of nitrogens with zero attached hydrogens (tertiary/aromatic N) is 4. The van der Waals surface area contributed by atoms with Crippen molar-refractivity contribution in [2.75, 3.05) is 6.61 Å². The lowest BCUT2D eigenvalue weighted by Crippen LogP contribution is -2.58. The highest BCUT2D eigenvalue weighted by molar-refractivity contribution is 8.24. The summed E-state index contributed by atoms with van der Waals surface area (Å²) in [5.41, 5.74) is -1.82. The summed E-state index contributed by atoms with van der Waals surface area (Å²) in [5, 5.41) is 38.8. The van der Waals surface area contributed by atoms with Gasteiger partial charge in [-0.3, -0.25) is 9.19 Å². The predicted octanol–water partition coefficient (Wildman–Crippen LogP) is 0.967. The SMILES string of the molecule is O=[SH](Cl)(c1cccnc1)[C@H]1O[C@H](CO)[C@H](O)[C@H](n2cc(-c3cc(F)c(F)c(F)c3)nn2)[C@H]1O. The van der Waals surface area contributed by atoms with Gasteiger partial charge in [0.25, 0.3) is 0 Å². The molecule has 0 bridgehead atoms. The number of ether oxygens (including phenoxy) is 1. The molecule has 1 fully saturated rings. The van der Waals surface area contributed by atoms with Crippen LogP contribution in [0.1, 0.15) is 6.04 Å². The number of aliphatic hydroxyl groups excluding tert-OH is 3. The summed E-state index contributed by atoms with van der Waals surface area (Å²) in [4.78, 5) is 3.93. The highest BCUT2D eigenvalue weighted by Crippen LogP contribution is 2.40. The van der Waals surface area contributed by atoms with Crippen LogP contribution in [-0.4, -0.2) is 69.9 Å². The Morgan fingerprint density at radius 2 is 1.88 bits per heavy atom. The van der Waals surface area contributed by atoms with Crippen LogP contribution in [0.15, 0.2) is 47.8 Å². The molecule has 1 aliphatic heterocycles. The van der Waals surface area contributed by atoms with Gasteiger partial charge in [0.1, 0.15) is 30.0 Å². The van der Waals surface area contributed by atoms with E-state index in [2.05, 4.69) is 15.3 Å². The van der Waals surface area contributed by atoms with E-state index in [0.29, 0.717) is 12.1 Å². The van der Waals surface area contributed by atoms with Crippen molar-refractivity contribution in [1.82, 2.24) is 20.0 Å². The van der Waals surface area contributed by atoms with E-state index < -0.39 is 63.0 Å². The van der Waals surface area contributed by atoms with Gasteiger partial charge >= 0.3 is 0 Å². The van der Waals surface area contributed by atoms with Crippen molar-refractivity contribution in [3.63, 3.8) is 0 Å². The quantitative estimate of drug-likeness (QED) is 0.229. The van der Waals surface area contributed by atoms with Gasteiger partial charge in [0.05, 0.1) is 12.8 Å². The van der Waals surface area contributed by atoms with Crippen LogP contribution < -0.4 is 0 Å². The van der Waals surface area contributed by atoms with Gasteiger partial charge in [-0.2, -0.15) is 0 Å². The molecular formula is C19H18ClF3N4O5S. The molecule has 3 aromatic rings. The van der Waals surface area contributed by atoms with Crippen molar-refractivity contribution in [2.45, 2.75) is 34.7 Å². The summed E-state index contributed by atoms with van der Waals surface area (Å²) < 4.78 is 60.3. The van der Waals surface area contributed by atoms with E-state index in [1.807, 2.05) is 0 Å². The fraction of sp³-hybridized carbons (Fsp3) is 0.316. The molecule has 0 spiro atoms. The van der Waals surface area contributed by atoms with Crippen LogP contribution in [0.5, 0.6) is 0 Å². The maximum absolute atomic E-state index is 13.6. The normalized spacial score (nSPS) is 26.3. The topological polar surface area (TPSA) is 131 Å². The Labute approximate surface area is 190 Å². The lowest BCUT2D eigenvalue weighted by atomic mass is 9.97. The smallest absolute Gasteiger partial charge is 0.194 e. The van der Waals surface area contributed by atoms with Crippen LogP contribution in [0.2, 0.25) is 0 Å². The standard InChI is InChI=1S/C19H18ClF3N4O5S/c20-33(31,10-2-1-3-24-6-10)19-18(30)16(17(29)14(8-28)32-19)27-7-13(25-26-27)9-4-11(21)15(23)12(22)5-9/h1-7,14,16-19,28-30,33H,8H2/t14-,16+,17+,18-,19-/m1/s1. The highest BCUT2D eigenvalue weighted by Gasteiger charge is 2.50. The minimum absolute atomic E-state index is 0.0825. The van der Waals surface area contributed by atoms with Crippen LogP contribution in [0, 0.1) is 17.5 Å². The summed E-state index contributed by atoms with van der Waals surface area (Å²) in [5.74, 6) is -4.53. The minimum atomic E-state index is -3.97. The van der Waals surface area contributed by atoms with Crippen molar-refractivity contribution in [2.24, 2.45) is 0 Å². The molecule has 14 heteroatoms. The molecule has 2 aromatic heterocycles. The van der Waals surface area contributed by atoms with E-state index >= 15 is 0 Å². The molecule has 1 aromatic carbocycles. The van der Waals surface area contributed by atoms with E-state index in [9.17, 15) is 32.7 Å². The Bertz CT molecular complexity index is 1180. The zero-order valence-corrected chi connectivity index (χ0v) is 18.2. The molecule has 9 nitrogen and oxygen atoms in total. The molecule has 4 rings (SSSR count). The monoisotopic (exact) mass is 506 g/mol. The molecular weight excluding hydrogens is 489 g/mol. The first-order valence-electron chi connectivity index (χ1n) is 9.54. The number of hydrogen-bond donors (Lipinski definition) is 4. The fourth-order valence-corrected chi connectivity index (χ4v) is 6.08. The van der Waals surface area contributed by atoms with Gasteiger partial charge in [0.2, 0.25) is 0 Å². The first kappa shape index (κ1) is 23.7. The Hall–Kier alpha value is -2.42. The van der Waals surface area contributed by atoms with Crippen molar-refractivity contribution in [3.05, 3.63) is 60.3 Å². The van der Waals surface area contributed by atoms with Gasteiger partial charge in [-0.25, -0.2) is 17.9 Å². The molecule has 178 valence electrons. The average Bonchev–Trinajstić information content (AvgIpc) is 3.27. The number of rotatable bonds is 5. The zero-order chi connectivity index (χ0) is 23.9. The summed E-state index contributed by atoms with van der Waals surface area (Å²) in [7, 11) is 2.34. The maximum Gasteiger partial charge on any atom is 0.194 e. The second kappa shape index (κ2) is 9.08. The van der Waals surface area contributed by atoms with Crippen molar-refractivity contribution in [1.29, 1.82) is 0 Å². The number of benzene rings is 1. The Morgan fingerprint density at radius 3 is 2.48 bits per heavy atom. The molecule has 0 unspecified atom stereocenters. The molecule has 0 amide bonds. The zero-order valence-electron chi connectivity index (χ0n) is 16.5. The first-order chi connectivity index (χ1) is 15.6. The lowest BCUT2D eigenvalue weighted by molar-refractivity contribution is -0.180. The number of thiol groups is 1. The molecule has 1 aliphatic rings. The van der Waals surface area contributed by atoms with Gasteiger partial charge in [-0.1, -0.05) is 5.21 Å². The van der Waals surface area contributed by atoms with Crippen LogP contribution in [0.25, 0.3) is 11.3 Å². The summed E-state index contributed by atoms with van der Waals surface area (Å²) >= 11 is 0. The van der Waals surface area contributed by atoms with Crippen LogP contribution in [-0.2, 0) is 13.9 Å². The van der Waals surface area contributed by atoms with Crippen molar-refractivity contribution in [3.8, 4) is 11.3 Å². The number of aliphatic hydroxyl groups is 3. The number of halogens is 4. The van der Waals surface area contributed by atoms with Crippen molar-refractivity contribution < 1.29 is 37.4 Å². The second-order valence-corrected chi connectivity index (χ2v) is 11.0. The number of pyridine rings is 1. The summed E-state index contributed by atoms with van der Waals surface area (Å²) in [6, 6.07) is 2.97. The van der Waals surface area contributed by atoms with E-state index in [4.69, 9.17) is 15.4 Å². The minimum Gasteiger partial charge on any atom is -0.394 e. The Kier molecular flexibility index (Phi) is 6.53. The Morgan fingerprint density at radius 1 is 1.18 bits per heavy atom. The maximum atomic E-state index is 13.6. The van der Waals surface area contributed by atoms with Gasteiger partial charge in [-0.15, -0.1) is 5.10 Å². The van der Waals surface area contributed by atoms with E-state index in [0.717, 1.165) is 10.9 Å². The van der Waals surface area contributed by atoms with E-state index in [-0.39, 0.29) is 16.2 Å². The van der Waals surface area contributed by atoms with E-state index in [1.165, 1.54) is 24.5 Å². The molecule has 33 heavy (non-hydrogen) atoms. The highest BCUT2D eigenvalue weighted by atomic mass is 35.7. The number of aromatic nitrogens is 4. The molecule has 1 saturated heterocycles.